The van der Waals surface area contributed by atoms with E-state index in [2.05, 4.69) is 0 Å². The van der Waals surface area contributed by atoms with Gasteiger partial charge in [0.25, 0.3) is 0 Å². The van der Waals surface area contributed by atoms with Crippen LogP contribution in [0.5, 0.6) is 0 Å². The molecule has 0 unspecified atom stereocenters. The number of hydrogen-bond acceptors (Lipinski definition) is 2. The second-order valence-corrected chi connectivity index (χ2v) is 4.77. The molecule has 0 aliphatic rings. The Morgan fingerprint density at radius 1 is 1.00 bits per heavy atom. The smallest absolute Gasteiger partial charge is 0.258 e. The van der Waals surface area contributed by atoms with Gasteiger partial charge in [-0.2, -0.15) is 0 Å². The number of rotatable bonds is 1. The fourth-order valence-electron chi connectivity index (χ4n) is 0.754. The van der Waals surface area contributed by atoms with Crippen molar-refractivity contribution in [1.82, 2.24) is 0 Å². The molecule has 0 aromatic heterocycles. The highest BCUT2D eigenvalue weighted by atomic mass is 127. The SMILES string of the molecule is O=[N+]([O-])c1c(Cl)c(Cl)c(Cl)c(I)c1Cl. The monoisotopic (exact) mass is 385 g/mol. The number of nitro benzene ring substituents is 1. The second kappa shape index (κ2) is 4.57. The molecule has 1 aromatic carbocycles. The molecule has 0 bridgehead atoms. The van der Waals surface area contributed by atoms with Gasteiger partial charge < -0.3 is 0 Å². The largest absolute Gasteiger partial charge is 0.309 e. The minimum absolute atomic E-state index is 0.0613. The van der Waals surface area contributed by atoms with Crippen LogP contribution in [0.4, 0.5) is 5.69 Å². The maximum atomic E-state index is 10.6. The first-order valence-corrected chi connectivity index (χ1v) is 5.62. The van der Waals surface area contributed by atoms with Gasteiger partial charge in [0, 0.05) is 0 Å². The molecule has 0 radical (unpaired) electrons. The van der Waals surface area contributed by atoms with Gasteiger partial charge in [0.15, 0.2) is 0 Å². The lowest BCUT2D eigenvalue weighted by Gasteiger charge is -2.05. The highest BCUT2D eigenvalue weighted by Gasteiger charge is 2.26. The van der Waals surface area contributed by atoms with Gasteiger partial charge in [-0.15, -0.1) is 0 Å². The van der Waals surface area contributed by atoms with E-state index in [1.807, 2.05) is 0 Å². The Bertz CT molecular complexity index is 394. The first-order chi connectivity index (χ1) is 6.37. The van der Waals surface area contributed by atoms with Crippen molar-refractivity contribution in [3.63, 3.8) is 0 Å². The molecule has 76 valence electrons. The highest BCUT2D eigenvalue weighted by Crippen LogP contribution is 2.45. The Balaban J connectivity index is 3.68. The van der Waals surface area contributed by atoms with Crippen molar-refractivity contribution in [1.29, 1.82) is 0 Å². The Kier molecular flexibility index (Phi) is 4.11. The van der Waals surface area contributed by atoms with Crippen molar-refractivity contribution >= 4 is 74.7 Å². The summed E-state index contributed by atoms with van der Waals surface area (Å²) in [7, 11) is 0. The second-order valence-electron chi connectivity index (χ2n) is 2.18. The summed E-state index contributed by atoms with van der Waals surface area (Å²) in [6.45, 7) is 0. The molecule has 0 atom stereocenters. The number of halogens is 5. The van der Waals surface area contributed by atoms with E-state index in [0.717, 1.165) is 0 Å². The molecular weight excluding hydrogens is 387 g/mol. The van der Waals surface area contributed by atoms with Gasteiger partial charge in [-0.1, -0.05) is 46.4 Å². The van der Waals surface area contributed by atoms with Crippen molar-refractivity contribution in [3.8, 4) is 0 Å². The van der Waals surface area contributed by atoms with Crippen LogP contribution in [-0.2, 0) is 0 Å². The first kappa shape index (κ1) is 12.6. The molecule has 0 saturated carbocycles. The lowest BCUT2D eigenvalue weighted by molar-refractivity contribution is -0.384. The maximum Gasteiger partial charge on any atom is 0.309 e. The fraction of sp³-hybridized carbons (Fsp3) is 0. The topological polar surface area (TPSA) is 43.1 Å². The van der Waals surface area contributed by atoms with Crippen LogP contribution in [-0.4, -0.2) is 4.92 Å². The molecule has 0 heterocycles. The summed E-state index contributed by atoms with van der Waals surface area (Å²) in [4.78, 5) is 9.89. The van der Waals surface area contributed by atoms with E-state index >= 15 is 0 Å². The molecule has 0 N–H and O–H groups in total. The zero-order valence-corrected chi connectivity index (χ0v) is 11.3. The van der Waals surface area contributed by atoms with Crippen LogP contribution >= 0.6 is 69.0 Å². The third kappa shape index (κ3) is 2.04. The molecule has 1 aromatic rings. The van der Waals surface area contributed by atoms with Crippen molar-refractivity contribution in [2.75, 3.05) is 0 Å². The van der Waals surface area contributed by atoms with E-state index in [0.29, 0.717) is 3.57 Å². The average molecular weight is 387 g/mol. The van der Waals surface area contributed by atoms with Crippen molar-refractivity contribution in [2.45, 2.75) is 0 Å². The van der Waals surface area contributed by atoms with Gasteiger partial charge in [-0.3, -0.25) is 10.1 Å². The van der Waals surface area contributed by atoms with Gasteiger partial charge in [0.2, 0.25) is 0 Å². The van der Waals surface area contributed by atoms with E-state index < -0.39 is 10.6 Å². The predicted octanol–water partition coefficient (Wildman–Crippen LogP) is 4.81. The Hall–Kier alpha value is 0.510. The lowest BCUT2D eigenvalue weighted by Crippen LogP contribution is -1.94. The van der Waals surface area contributed by atoms with Crippen LogP contribution in [0.2, 0.25) is 20.1 Å². The summed E-state index contributed by atoms with van der Waals surface area (Å²) in [5.74, 6) is 0. The average Bonchev–Trinajstić information content (AvgIpc) is 2.11. The first-order valence-electron chi connectivity index (χ1n) is 3.03. The number of nitro groups is 1. The molecule has 0 fully saturated rings. The van der Waals surface area contributed by atoms with Crippen LogP contribution in [0.25, 0.3) is 0 Å². The minimum atomic E-state index is -0.699. The third-order valence-corrected chi connectivity index (χ3v) is 4.77. The molecule has 14 heavy (non-hydrogen) atoms. The van der Waals surface area contributed by atoms with Crippen LogP contribution in [0.3, 0.4) is 0 Å². The van der Waals surface area contributed by atoms with Gasteiger partial charge in [0.05, 0.1) is 18.5 Å². The molecule has 0 aliphatic heterocycles. The zero-order chi connectivity index (χ0) is 11.0. The zero-order valence-electron chi connectivity index (χ0n) is 6.15. The van der Waals surface area contributed by atoms with Crippen LogP contribution in [0, 0.1) is 13.7 Å². The normalized spacial score (nSPS) is 10.4. The number of hydrogen-bond donors (Lipinski definition) is 0. The van der Waals surface area contributed by atoms with Crippen molar-refractivity contribution in [2.24, 2.45) is 0 Å². The van der Waals surface area contributed by atoms with Crippen LogP contribution in [0.15, 0.2) is 0 Å². The Morgan fingerprint density at radius 3 is 1.93 bits per heavy atom. The fourth-order valence-corrected chi connectivity index (χ4v) is 2.47. The van der Waals surface area contributed by atoms with E-state index in [9.17, 15) is 10.1 Å². The van der Waals surface area contributed by atoms with Gasteiger partial charge >= 0.3 is 5.69 Å². The lowest BCUT2D eigenvalue weighted by atomic mass is 10.3. The molecule has 3 nitrogen and oxygen atoms in total. The highest BCUT2D eigenvalue weighted by molar-refractivity contribution is 14.1. The molecule has 0 amide bonds. The molecule has 8 heteroatoms. The molecule has 0 aliphatic carbocycles. The summed E-state index contributed by atoms with van der Waals surface area (Å²) >= 11 is 24.5. The molecule has 0 saturated heterocycles. The van der Waals surface area contributed by atoms with Crippen molar-refractivity contribution < 1.29 is 4.92 Å². The van der Waals surface area contributed by atoms with Gasteiger partial charge in [0.1, 0.15) is 10.0 Å². The van der Waals surface area contributed by atoms with E-state index in [4.69, 9.17) is 46.4 Å². The predicted molar refractivity (Wildman–Crippen MR) is 65.9 cm³/mol. The quantitative estimate of drug-likeness (QED) is 0.228. The third-order valence-electron chi connectivity index (χ3n) is 1.37. The number of nitrogens with zero attached hydrogens (tertiary/aromatic N) is 1. The Labute approximate surface area is 113 Å². The summed E-state index contributed by atoms with van der Waals surface area (Å²) in [6.07, 6.45) is 0. The minimum Gasteiger partial charge on any atom is -0.258 e. The molecule has 0 spiro atoms. The van der Waals surface area contributed by atoms with E-state index in [-0.39, 0.29) is 20.1 Å². The summed E-state index contributed by atoms with van der Waals surface area (Å²) in [5.41, 5.74) is -0.424. The molecule has 1 rings (SSSR count). The van der Waals surface area contributed by atoms with E-state index in [1.54, 1.807) is 22.6 Å². The van der Waals surface area contributed by atoms with Crippen LogP contribution in [0.1, 0.15) is 0 Å². The summed E-state index contributed by atoms with van der Waals surface area (Å²) in [5, 5.41) is 10.3. The summed E-state index contributed by atoms with van der Waals surface area (Å²) < 4.78 is 0.312. The van der Waals surface area contributed by atoms with Gasteiger partial charge in [-0.25, -0.2) is 0 Å². The van der Waals surface area contributed by atoms with E-state index in [1.165, 1.54) is 0 Å². The Morgan fingerprint density at radius 2 is 1.50 bits per heavy atom. The van der Waals surface area contributed by atoms with Gasteiger partial charge in [-0.05, 0) is 22.6 Å². The number of benzene rings is 1. The van der Waals surface area contributed by atoms with Crippen molar-refractivity contribution in [3.05, 3.63) is 33.8 Å². The van der Waals surface area contributed by atoms with Crippen LogP contribution < -0.4 is 0 Å². The maximum absolute atomic E-state index is 10.6. The summed E-state index contributed by atoms with van der Waals surface area (Å²) in [6, 6.07) is 0. The molecular formula is C6Cl4INO2. The standard InChI is InChI=1S/C6Cl4INO2/c7-1-2(8)5(11)4(10)6(3(1)9)12(13)14.